The van der Waals surface area contributed by atoms with Crippen LogP contribution in [0.2, 0.25) is 0 Å². The Balaban J connectivity index is 1.60. The molecule has 20 heteroatoms. The van der Waals surface area contributed by atoms with E-state index in [2.05, 4.69) is 20.3 Å². The Morgan fingerprint density at radius 1 is 1.00 bits per heavy atom. The van der Waals surface area contributed by atoms with Crippen molar-refractivity contribution in [1.82, 2.24) is 25.6 Å². The highest BCUT2D eigenvalue weighted by Crippen LogP contribution is 2.38. The molecule has 2 aromatic heterocycles. The van der Waals surface area contributed by atoms with Gasteiger partial charge in [0.1, 0.15) is 11.4 Å². The van der Waals surface area contributed by atoms with Gasteiger partial charge in [-0.15, -0.1) is 0 Å². The van der Waals surface area contributed by atoms with Crippen molar-refractivity contribution in [3.63, 3.8) is 0 Å². The summed E-state index contributed by atoms with van der Waals surface area (Å²) in [5, 5.41) is 13.9. The normalized spacial score (nSPS) is 18.7. The predicted octanol–water partition coefficient (Wildman–Crippen LogP) is 5.99. The number of aromatic amines is 1. The highest BCUT2D eigenvalue weighted by atomic mass is 19.4. The third-order valence-corrected chi connectivity index (χ3v) is 7.88. The Kier molecular flexibility index (Phi) is 10.7. The molecule has 9 nitrogen and oxygen atoms in total. The minimum absolute atomic E-state index is 0.0149. The molecule has 1 aliphatic rings. The molecule has 49 heavy (non-hydrogen) atoms. The van der Waals surface area contributed by atoms with Crippen LogP contribution in [0.1, 0.15) is 65.5 Å². The SMILES string of the molecule is CC(O)(C(=O)NCc1ccc(C(F)(F)F)c(Cc2nc3nc(OCC(F)F)c(C(=O)NC4CCC(C(F)(F)F)CC4)cc3[nH]2)c1)C(F)(F)F. The number of hydrogen-bond donors (Lipinski definition) is 4. The van der Waals surface area contributed by atoms with Crippen LogP contribution >= 0.6 is 0 Å². The molecule has 1 saturated carbocycles. The third-order valence-electron chi connectivity index (χ3n) is 7.88. The van der Waals surface area contributed by atoms with E-state index in [4.69, 9.17) is 4.74 Å². The van der Waals surface area contributed by atoms with E-state index < -0.39 is 96.5 Å². The summed E-state index contributed by atoms with van der Waals surface area (Å²) in [6.07, 6.45) is -18.8. The maximum Gasteiger partial charge on any atom is 0.426 e. The lowest BCUT2D eigenvalue weighted by molar-refractivity contribution is -0.245. The van der Waals surface area contributed by atoms with E-state index in [1.165, 1.54) is 0 Å². The van der Waals surface area contributed by atoms with Gasteiger partial charge in [-0.2, -0.15) is 44.5 Å². The summed E-state index contributed by atoms with van der Waals surface area (Å²) in [4.78, 5) is 35.7. The molecule has 1 aliphatic carbocycles. The quantitative estimate of drug-likeness (QED) is 0.191. The lowest BCUT2D eigenvalue weighted by Gasteiger charge is -2.30. The second-order valence-electron chi connectivity index (χ2n) is 11.6. The van der Waals surface area contributed by atoms with Crippen molar-refractivity contribution >= 4 is 23.0 Å². The van der Waals surface area contributed by atoms with Gasteiger partial charge < -0.3 is 25.5 Å². The van der Waals surface area contributed by atoms with Gasteiger partial charge >= 0.3 is 18.5 Å². The number of imidazole rings is 1. The van der Waals surface area contributed by atoms with Crippen LogP contribution in [0.5, 0.6) is 5.88 Å². The van der Waals surface area contributed by atoms with Crippen LogP contribution in [0.4, 0.5) is 48.3 Å². The van der Waals surface area contributed by atoms with E-state index in [0.717, 1.165) is 18.2 Å². The van der Waals surface area contributed by atoms with E-state index in [-0.39, 0.29) is 55.2 Å². The zero-order valence-corrected chi connectivity index (χ0v) is 25.2. The van der Waals surface area contributed by atoms with Gasteiger partial charge in [-0.1, -0.05) is 12.1 Å². The van der Waals surface area contributed by atoms with E-state index in [1.54, 1.807) is 0 Å². The second kappa shape index (κ2) is 13.9. The number of H-pyrrole nitrogens is 1. The minimum Gasteiger partial charge on any atom is -0.471 e. The number of fused-ring (bicyclic) bond motifs is 1. The van der Waals surface area contributed by atoms with Crippen molar-refractivity contribution < 1.29 is 67.7 Å². The fourth-order valence-corrected chi connectivity index (χ4v) is 5.15. The van der Waals surface area contributed by atoms with Crippen molar-refractivity contribution in [2.75, 3.05) is 6.61 Å². The molecular formula is C29H28F11N5O4. The first-order chi connectivity index (χ1) is 22.6. The van der Waals surface area contributed by atoms with Crippen LogP contribution in [0, 0.1) is 5.92 Å². The molecule has 1 atom stereocenters. The van der Waals surface area contributed by atoms with E-state index in [0.29, 0.717) is 6.07 Å². The van der Waals surface area contributed by atoms with Crippen LogP contribution in [-0.4, -0.2) is 68.9 Å². The van der Waals surface area contributed by atoms with Gasteiger partial charge in [-0.25, -0.2) is 13.8 Å². The number of hydrogen-bond acceptors (Lipinski definition) is 6. The number of halogens is 11. The van der Waals surface area contributed by atoms with Gasteiger partial charge in [0.2, 0.25) is 11.5 Å². The van der Waals surface area contributed by atoms with Crippen LogP contribution < -0.4 is 15.4 Å². The predicted molar refractivity (Wildman–Crippen MR) is 147 cm³/mol. The molecule has 0 spiro atoms. The zero-order chi connectivity index (χ0) is 36.5. The van der Waals surface area contributed by atoms with Crippen LogP contribution in [0.3, 0.4) is 0 Å². The lowest BCUT2D eigenvalue weighted by atomic mass is 9.85. The summed E-state index contributed by atoms with van der Waals surface area (Å²) in [7, 11) is 0. The van der Waals surface area contributed by atoms with Gasteiger partial charge in [0, 0.05) is 19.0 Å². The number of aromatic nitrogens is 3. The summed E-state index contributed by atoms with van der Waals surface area (Å²) in [5.41, 5.74) is -6.17. The van der Waals surface area contributed by atoms with Gasteiger partial charge in [0.15, 0.2) is 12.3 Å². The van der Waals surface area contributed by atoms with Crippen LogP contribution in [0.25, 0.3) is 11.2 Å². The number of amides is 2. The van der Waals surface area contributed by atoms with Gasteiger partial charge in [0.05, 0.1) is 17.0 Å². The maximum absolute atomic E-state index is 13.9. The number of carbonyl (C=O) groups excluding carboxylic acids is 2. The second-order valence-corrected chi connectivity index (χ2v) is 11.6. The van der Waals surface area contributed by atoms with Crippen molar-refractivity contribution in [1.29, 1.82) is 0 Å². The van der Waals surface area contributed by atoms with Crippen molar-refractivity contribution in [2.45, 2.75) is 82.2 Å². The molecular weight excluding hydrogens is 691 g/mol. The molecule has 1 fully saturated rings. The number of carbonyl (C=O) groups is 2. The minimum atomic E-state index is -5.33. The van der Waals surface area contributed by atoms with Crippen molar-refractivity contribution in [2.24, 2.45) is 5.92 Å². The molecule has 270 valence electrons. The molecule has 0 saturated heterocycles. The molecule has 2 heterocycles. The average molecular weight is 720 g/mol. The first-order valence-corrected chi connectivity index (χ1v) is 14.5. The average Bonchev–Trinajstić information content (AvgIpc) is 3.38. The Bertz CT molecular complexity index is 1660. The van der Waals surface area contributed by atoms with Crippen molar-refractivity contribution in [3.05, 3.63) is 52.3 Å². The third kappa shape index (κ3) is 9.07. The Morgan fingerprint density at radius 2 is 1.65 bits per heavy atom. The smallest absolute Gasteiger partial charge is 0.426 e. The van der Waals surface area contributed by atoms with E-state index >= 15 is 0 Å². The number of ether oxygens (including phenoxy) is 1. The van der Waals surface area contributed by atoms with Crippen LogP contribution in [0.15, 0.2) is 24.3 Å². The Labute approximate surface area is 269 Å². The molecule has 0 radical (unpaired) electrons. The van der Waals surface area contributed by atoms with Gasteiger partial charge in [-0.05, 0) is 55.9 Å². The number of nitrogens with zero attached hydrogens (tertiary/aromatic N) is 2. The largest absolute Gasteiger partial charge is 0.471 e. The van der Waals surface area contributed by atoms with Gasteiger partial charge in [0.25, 0.3) is 18.2 Å². The standard InChI is InChI=1S/C29H28F11N5O4/c1-26(48,29(38,39)40)25(47)41-11-13-2-7-18(28(35,36)37)14(8-13)9-21-43-19-10-17(24(45-22(19)44-21)49-12-20(30)31)23(46)42-16-5-3-15(4-6-16)27(32,33)34/h2,7-8,10,15-16,20,48H,3-6,9,11-12H2,1H3,(H,41,47)(H,42,46)(H,43,44,45). The summed E-state index contributed by atoms with van der Waals surface area (Å²) >= 11 is 0. The highest BCUT2D eigenvalue weighted by molar-refractivity contribution is 5.99. The summed E-state index contributed by atoms with van der Waals surface area (Å²) in [6, 6.07) is 2.87. The number of pyridine rings is 1. The molecule has 2 amide bonds. The van der Waals surface area contributed by atoms with Crippen molar-refractivity contribution in [3.8, 4) is 5.88 Å². The first-order valence-electron chi connectivity index (χ1n) is 14.5. The number of benzene rings is 1. The maximum atomic E-state index is 13.9. The fraction of sp³-hybridized carbons (Fsp3) is 0.517. The fourth-order valence-electron chi connectivity index (χ4n) is 5.15. The zero-order valence-electron chi connectivity index (χ0n) is 25.2. The molecule has 1 unspecified atom stereocenters. The Morgan fingerprint density at radius 3 is 2.22 bits per heavy atom. The first kappa shape index (κ1) is 37.6. The number of rotatable bonds is 10. The highest BCUT2D eigenvalue weighted by Gasteiger charge is 2.55. The molecule has 0 aliphatic heterocycles. The number of alkyl halides is 11. The number of aliphatic hydroxyl groups is 1. The summed E-state index contributed by atoms with van der Waals surface area (Å²) < 4.78 is 150. The molecule has 4 rings (SSSR count). The molecule has 4 N–H and O–H groups in total. The van der Waals surface area contributed by atoms with Gasteiger partial charge in [-0.3, -0.25) is 9.59 Å². The molecule has 1 aromatic carbocycles. The number of nitrogens with one attached hydrogen (secondary N) is 3. The molecule has 3 aromatic rings. The summed E-state index contributed by atoms with van der Waals surface area (Å²) in [6.45, 7) is -1.69. The lowest BCUT2D eigenvalue weighted by Crippen LogP contribution is -2.54. The van der Waals surface area contributed by atoms with E-state index in [1.807, 2.05) is 5.32 Å². The molecule has 0 bridgehead atoms. The van der Waals surface area contributed by atoms with Crippen LogP contribution in [-0.2, 0) is 23.9 Å². The summed E-state index contributed by atoms with van der Waals surface area (Å²) in [5.74, 6) is -5.09. The topological polar surface area (TPSA) is 129 Å². The monoisotopic (exact) mass is 719 g/mol. The Hall–Kier alpha value is -4.23. The van der Waals surface area contributed by atoms with E-state index in [9.17, 15) is 63.0 Å².